The van der Waals surface area contributed by atoms with Gasteiger partial charge in [-0.2, -0.15) is 0 Å². The summed E-state index contributed by atoms with van der Waals surface area (Å²) < 4.78 is 22.4. The van der Waals surface area contributed by atoms with Crippen molar-refractivity contribution in [1.29, 1.82) is 0 Å². The van der Waals surface area contributed by atoms with Crippen molar-refractivity contribution in [1.82, 2.24) is 14.8 Å². The van der Waals surface area contributed by atoms with Crippen LogP contribution in [0.1, 0.15) is 33.6 Å². The third-order valence-electron chi connectivity index (χ3n) is 8.74. The Morgan fingerprint density at radius 2 is 0.870 bits per heavy atom. The predicted octanol–water partition coefficient (Wildman–Crippen LogP) is 7.91. The highest BCUT2D eigenvalue weighted by molar-refractivity contribution is 5.68. The minimum atomic E-state index is -0.486. The Bertz CT molecular complexity index is 1830. The number of ether oxygens (including phenoxy) is 4. The van der Waals surface area contributed by atoms with Crippen LogP contribution >= 0.6 is 0 Å². The lowest BCUT2D eigenvalue weighted by molar-refractivity contribution is 0.0878. The number of anilines is 2. The summed E-state index contributed by atoms with van der Waals surface area (Å²) in [4.78, 5) is 39.1. The lowest BCUT2D eigenvalue weighted by Crippen LogP contribution is -2.31. The molecule has 2 amide bonds. The van der Waals surface area contributed by atoms with Gasteiger partial charge in [-0.05, 0) is 82.9 Å². The molecule has 0 aliphatic carbocycles. The molecule has 282 valence electrons. The topological polar surface area (TPSA) is 96.9 Å². The van der Waals surface area contributed by atoms with Crippen molar-refractivity contribution in [2.45, 2.75) is 39.4 Å². The fourth-order valence-electron chi connectivity index (χ4n) is 5.74. The van der Waals surface area contributed by atoms with Crippen LogP contribution in [0.4, 0.5) is 21.0 Å². The van der Waals surface area contributed by atoms with Gasteiger partial charge in [-0.15, -0.1) is 0 Å². The van der Waals surface area contributed by atoms with Gasteiger partial charge in [-0.1, -0.05) is 54.6 Å². The van der Waals surface area contributed by atoms with Gasteiger partial charge in [0.1, 0.15) is 24.7 Å². The first-order valence-corrected chi connectivity index (χ1v) is 17.7. The van der Waals surface area contributed by atoms with Gasteiger partial charge in [0, 0.05) is 65.7 Å². The molecule has 0 unspecified atom stereocenters. The maximum atomic E-state index is 13.6. The zero-order valence-electron chi connectivity index (χ0n) is 31.9. The molecule has 0 spiro atoms. The normalized spacial score (nSPS) is 10.6. The maximum Gasteiger partial charge on any atom is 0.410 e. The van der Waals surface area contributed by atoms with E-state index in [4.69, 9.17) is 18.9 Å². The number of rotatable bonds is 16. The molecule has 0 N–H and O–H groups in total. The number of hydrogen-bond donors (Lipinski definition) is 0. The minimum Gasteiger partial charge on any atom is -0.497 e. The van der Waals surface area contributed by atoms with Gasteiger partial charge in [0.2, 0.25) is 0 Å². The van der Waals surface area contributed by atoms with Gasteiger partial charge >= 0.3 is 12.2 Å². The molecule has 0 aliphatic heterocycles. The van der Waals surface area contributed by atoms with E-state index in [-0.39, 0.29) is 13.2 Å². The first-order valence-electron chi connectivity index (χ1n) is 17.7. The van der Waals surface area contributed by atoms with E-state index in [1.807, 2.05) is 135 Å². The molecular formula is C43H49N5O6. The SMILES string of the molecule is COc1cccc(CN(Cc2ccc(N(C)C)cc2)C(=O)OCc2cccc(COC(=O)N(Cc3ccc(N(C)C)cc3)Cc3cccc(OC)c3)n2)c1. The predicted molar refractivity (Wildman–Crippen MR) is 211 cm³/mol. The Labute approximate surface area is 318 Å². The van der Waals surface area contributed by atoms with Crippen molar-refractivity contribution < 1.29 is 28.5 Å². The van der Waals surface area contributed by atoms with Crippen molar-refractivity contribution in [3.63, 3.8) is 0 Å². The highest BCUT2D eigenvalue weighted by Gasteiger charge is 2.20. The molecule has 5 rings (SSSR count). The molecule has 0 atom stereocenters. The summed E-state index contributed by atoms with van der Waals surface area (Å²) in [5, 5.41) is 0. The summed E-state index contributed by atoms with van der Waals surface area (Å²) in [5.74, 6) is 1.42. The number of carbonyl (C=O) groups is 2. The summed E-state index contributed by atoms with van der Waals surface area (Å²) in [5.41, 5.74) is 6.94. The molecule has 0 aliphatic rings. The number of pyridine rings is 1. The third kappa shape index (κ3) is 11.4. The van der Waals surface area contributed by atoms with E-state index < -0.39 is 12.2 Å². The number of carbonyl (C=O) groups excluding carboxylic acids is 2. The first-order chi connectivity index (χ1) is 26.1. The van der Waals surface area contributed by atoms with Crippen LogP contribution in [-0.2, 0) is 48.9 Å². The second kappa shape index (κ2) is 19.0. The van der Waals surface area contributed by atoms with E-state index in [0.717, 1.165) is 33.6 Å². The molecule has 1 heterocycles. The largest absolute Gasteiger partial charge is 0.497 e. The van der Waals surface area contributed by atoms with Crippen molar-refractivity contribution in [2.24, 2.45) is 0 Å². The molecule has 0 radical (unpaired) electrons. The second-order valence-electron chi connectivity index (χ2n) is 13.3. The number of amides is 2. The molecule has 5 aromatic rings. The van der Waals surface area contributed by atoms with E-state index in [0.29, 0.717) is 49.1 Å². The molecule has 1 aromatic heterocycles. The van der Waals surface area contributed by atoms with Crippen LogP contribution in [0.5, 0.6) is 11.5 Å². The number of benzene rings is 4. The quantitative estimate of drug-likeness (QED) is 0.100. The molecule has 0 saturated heterocycles. The second-order valence-corrected chi connectivity index (χ2v) is 13.3. The molecule has 11 nitrogen and oxygen atoms in total. The highest BCUT2D eigenvalue weighted by Crippen LogP contribution is 2.21. The van der Waals surface area contributed by atoms with Crippen molar-refractivity contribution in [2.75, 3.05) is 52.2 Å². The average molecular weight is 732 g/mol. The number of hydrogen-bond acceptors (Lipinski definition) is 9. The van der Waals surface area contributed by atoms with Crippen LogP contribution in [0.15, 0.2) is 115 Å². The Balaban J connectivity index is 1.24. The number of aromatic nitrogens is 1. The van der Waals surface area contributed by atoms with E-state index in [2.05, 4.69) is 4.98 Å². The molecule has 54 heavy (non-hydrogen) atoms. The molecule has 4 aromatic carbocycles. The monoisotopic (exact) mass is 731 g/mol. The Kier molecular flexibility index (Phi) is 13.7. The third-order valence-corrected chi connectivity index (χ3v) is 8.74. The van der Waals surface area contributed by atoms with E-state index in [1.165, 1.54) is 0 Å². The first kappa shape index (κ1) is 39.0. The zero-order valence-corrected chi connectivity index (χ0v) is 31.9. The molecule has 11 heteroatoms. The summed E-state index contributed by atoms with van der Waals surface area (Å²) in [6, 6.07) is 36.7. The van der Waals surface area contributed by atoms with Crippen LogP contribution < -0.4 is 19.3 Å². The average Bonchev–Trinajstić information content (AvgIpc) is 3.19. The van der Waals surface area contributed by atoms with E-state index in [9.17, 15) is 9.59 Å². The fraction of sp³-hybridized carbons (Fsp3) is 0.279. The minimum absolute atomic E-state index is 0.0558. The lowest BCUT2D eigenvalue weighted by atomic mass is 10.1. The van der Waals surface area contributed by atoms with Crippen molar-refractivity contribution in [3.05, 3.63) is 149 Å². The van der Waals surface area contributed by atoms with Crippen LogP contribution in [0.3, 0.4) is 0 Å². The highest BCUT2D eigenvalue weighted by atomic mass is 16.6. The van der Waals surface area contributed by atoms with Crippen LogP contribution in [0.25, 0.3) is 0 Å². The molecule has 0 fully saturated rings. The van der Waals surface area contributed by atoms with Gasteiger partial charge in [-0.3, -0.25) is 14.8 Å². The van der Waals surface area contributed by atoms with E-state index >= 15 is 0 Å². The van der Waals surface area contributed by atoms with Crippen molar-refractivity contribution in [3.8, 4) is 11.5 Å². The Morgan fingerprint density at radius 1 is 0.500 bits per heavy atom. The van der Waals surface area contributed by atoms with Crippen molar-refractivity contribution >= 4 is 23.6 Å². The smallest absolute Gasteiger partial charge is 0.410 e. The zero-order chi connectivity index (χ0) is 38.5. The molecular weight excluding hydrogens is 683 g/mol. The summed E-state index contributed by atoms with van der Waals surface area (Å²) >= 11 is 0. The van der Waals surface area contributed by atoms with Crippen LogP contribution in [0.2, 0.25) is 0 Å². The summed E-state index contributed by atoms with van der Waals surface area (Å²) in [6.07, 6.45) is -0.972. The fourth-order valence-corrected chi connectivity index (χ4v) is 5.74. The van der Waals surface area contributed by atoms with Gasteiger partial charge < -0.3 is 28.7 Å². The van der Waals surface area contributed by atoms with E-state index in [1.54, 1.807) is 42.2 Å². The van der Waals surface area contributed by atoms with Crippen LogP contribution in [-0.4, -0.2) is 69.4 Å². The Morgan fingerprint density at radius 3 is 1.24 bits per heavy atom. The summed E-state index contributed by atoms with van der Waals surface area (Å²) in [6.45, 7) is 1.22. The summed E-state index contributed by atoms with van der Waals surface area (Å²) in [7, 11) is 11.2. The maximum absolute atomic E-state index is 13.6. The van der Waals surface area contributed by atoms with Crippen LogP contribution in [0, 0.1) is 0 Å². The van der Waals surface area contributed by atoms with Gasteiger partial charge in [0.15, 0.2) is 0 Å². The van der Waals surface area contributed by atoms with Gasteiger partial charge in [0.25, 0.3) is 0 Å². The lowest BCUT2D eigenvalue weighted by Gasteiger charge is -2.23. The standard InChI is InChI=1S/C43H49N5O6/c1-45(2)38-20-16-32(17-21-38)26-47(28-34-10-7-14-40(24-34)51-5)42(49)53-30-36-12-9-13-37(44-36)31-54-43(50)48(29-35-11-8-15-41(25-35)52-6)27-33-18-22-39(23-19-33)46(3)4/h7-25H,26-31H2,1-6H3. The molecule has 0 bridgehead atoms. The Hall–Kier alpha value is -6.23. The van der Waals surface area contributed by atoms with Gasteiger partial charge in [0.05, 0.1) is 25.6 Å². The number of methoxy groups -OCH3 is 2. The number of nitrogens with zero attached hydrogens (tertiary/aromatic N) is 5. The molecule has 0 saturated carbocycles. The van der Waals surface area contributed by atoms with Gasteiger partial charge in [-0.25, -0.2) is 9.59 Å².